The molecule has 0 saturated carbocycles. The Bertz CT molecular complexity index is 841. The van der Waals surface area contributed by atoms with Crippen LogP contribution in [0.25, 0.3) is 6.08 Å². The number of halogens is 1. The van der Waals surface area contributed by atoms with Crippen LogP contribution in [0.1, 0.15) is 30.7 Å². The molecule has 0 atom stereocenters. The molecule has 1 aromatic carbocycles. The summed E-state index contributed by atoms with van der Waals surface area (Å²) in [5.74, 6) is 0.188. The lowest BCUT2D eigenvalue weighted by atomic mass is 10.2. The Morgan fingerprint density at radius 1 is 1.30 bits per heavy atom. The molecule has 0 aliphatic heterocycles. The molecule has 0 aliphatic rings. The van der Waals surface area contributed by atoms with Crippen molar-refractivity contribution < 1.29 is 9.59 Å². The number of primary amides is 1. The molecule has 7 nitrogen and oxygen atoms in total. The van der Waals surface area contributed by atoms with Gasteiger partial charge in [0.1, 0.15) is 5.15 Å². The molecule has 0 fully saturated rings. The Morgan fingerprint density at radius 3 is 2.56 bits per heavy atom. The number of aryl methyl sites for hydroxylation is 1. The van der Waals surface area contributed by atoms with E-state index < -0.39 is 6.03 Å². The molecule has 1 aromatic heterocycles. The molecule has 0 spiro atoms. The number of benzene rings is 1. The molecular formula is C19H24ClN5O2. The van der Waals surface area contributed by atoms with Gasteiger partial charge in [0.25, 0.3) is 0 Å². The number of anilines is 1. The quantitative estimate of drug-likeness (QED) is 0.633. The van der Waals surface area contributed by atoms with Gasteiger partial charge in [0.2, 0.25) is 5.91 Å². The second kappa shape index (κ2) is 9.23. The smallest absolute Gasteiger partial charge is 0.316 e. The number of nitrogens with zero attached hydrogens (tertiary/aromatic N) is 2. The van der Waals surface area contributed by atoms with Crippen molar-refractivity contribution in [3.8, 4) is 0 Å². The SMILES string of the molecule is Cc1nn(CC(C)C)c(Cl)c1/C=C/C(=O)NCc1ccc(NC(N)=O)cc1. The number of urea groups is 1. The summed E-state index contributed by atoms with van der Waals surface area (Å²) < 4.78 is 1.75. The summed E-state index contributed by atoms with van der Waals surface area (Å²) in [5, 5.41) is 10.2. The number of carbonyl (C=O) groups is 2. The maximum atomic E-state index is 12.1. The van der Waals surface area contributed by atoms with Gasteiger partial charge >= 0.3 is 6.03 Å². The van der Waals surface area contributed by atoms with Crippen LogP contribution in [0.5, 0.6) is 0 Å². The molecule has 0 aliphatic carbocycles. The Labute approximate surface area is 163 Å². The minimum absolute atomic E-state index is 0.235. The third-order valence-electron chi connectivity index (χ3n) is 3.74. The zero-order chi connectivity index (χ0) is 20.0. The van der Waals surface area contributed by atoms with Crippen molar-refractivity contribution in [1.29, 1.82) is 0 Å². The summed E-state index contributed by atoms with van der Waals surface area (Å²) in [6.07, 6.45) is 3.12. The predicted molar refractivity (Wildman–Crippen MR) is 107 cm³/mol. The van der Waals surface area contributed by atoms with E-state index in [1.54, 1.807) is 35.0 Å². The summed E-state index contributed by atoms with van der Waals surface area (Å²) in [5.41, 5.74) is 8.08. The molecule has 0 radical (unpaired) electrons. The van der Waals surface area contributed by atoms with Crippen molar-refractivity contribution in [2.24, 2.45) is 11.7 Å². The highest BCUT2D eigenvalue weighted by Gasteiger charge is 2.12. The third kappa shape index (κ3) is 6.14. The van der Waals surface area contributed by atoms with Gasteiger partial charge in [-0.25, -0.2) is 4.79 Å². The molecule has 0 saturated heterocycles. The molecule has 2 aromatic rings. The van der Waals surface area contributed by atoms with Crippen molar-refractivity contribution in [2.75, 3.05) is 5.32 Å². The number of nitrogens with two attached hydrogens (primary N) is 1. The lowest BCUT2D eigenvalue weighted by molar-refractivity contribution is -0.116. The van der Waals surface area contributed by atoms with Crippen LogP contribution < -0.4 is 16.4 Å². The Hall–Kier alpha value is -2.80. The minimum atomic E-state index is -0.619. The molecular weight excluding hydrogens is 366 g/mol. The van der Waals surface area contributed by atoms with Gasteiger partial charge in [-0.3, -0.25) is 9.48 Å². The van der Waals surface area contributed by atoms with Crippen molar-refractivity contribution in [2.45, 2.75) is 33.9 Å². The number of amides is 3. The first-order chi connectivity index (χ1) is 12.8. The predicted octanol–water partition coefficient (Wildman–Crippen LogP) is 3.32. The van der Waals surface area contributed by atoms with Crippen LogP contribution >= 0.6 is 11.6 Å². The van der Waals surface area contributed by atoms with Crippen LogP contribution in [0, 0.1) is 12.8 Å². The van der Waals surface area contributed by atoms with Crippen LogP contribution in [0.3, 0.4) is 0 Å². The van der Waals surface area contributed by atoms with Crippen LogP contribution in [0.15, 0.2) is 30.3 Å². The number of carbonyl (C=O) groups excluding carboxylic acids is 2. The summed E-state index contributed by atoms with van der Waals surface area (Å²) in [4.78, 5) is 22.9. The Morgan fingerprint density at radius 2 is 1.96 bits per heavy atom. The molecule has 0 unspecified atom stereocenters. The average molecular weight is 390 g/mol. The second-order valence-electron chi connectivity index (χ2n) is 6.60. The molecule has 144 valence electrons. The zero-order valence-corrected chi connectivity index (χ0v) is 16.4. The zero-order valence-electron chi connectivity index (χ0n) is 15.6. The lowest BCUT2D eigenvalue weighted by Gasteiger charge is -2.06. The minimum Gasteiger partial charge on any atom is -0.351 e. The van der Waals surface area contributed by atoms with Crippen LogP contribution in [0.4, 0.5) is 10.5 Å². The van der Waals surface area contributed by atoms with Crippen molar-refractivity contribution in [1.82, 2.24) is 15.1 Å². The van der Waals surface area contributed by atoms with Gasteiger partial charge in [-0.15, -0.1) is 0 Å². The van der Waals surface area contributed by atoms with Crippen LogP contribution in [-0.2, 0) is 17.9 Å². The summed E-state index contributed by atoms with van der Waals surface area (Å²) in [6.45, 7) is 7.13. The highest BCUT2D eigenvalue weighted by molar-refractivity contribution is 6.31. The molecule has 8 heteroatoms. The Balaban J connectivity index is 1.94. The van der Waals surface area contributed by atoms with E-state index in [1.165, 1.54) is 6.08 Å². The normalized spacial score (nSPS) is 11.1. The monoisotopic (exact) mass is 389 g/mol. The number of rotatable bonds is 7. The molecule has 0 bridgehead atoms. The number of hydrogen-bond donors (Lipinski definition) is 3. The van der Waals surface area contributed by atoms with Crippen molar-refractivity contribution in [3.05, 3.63) is 52.3 Å². The fourth-order valence-corrected chi connectivity index (χ4v) is 2.79. The van der Waals surface area contributed by atoms with Gasteiger partial charge in [-0.1, -0.05) is 37.6 Å². The summed E-state index contributed by atoms with van der Waals surface area (Å²) in [7, 11) is 0. The first-order valence-electron chi connectivity index (χ1n) is 8.60. The van der Waals surface area contributed by atoms with Gasteiger partial charge in [0.05, 0.1) is 5.69 Å². The maximum Gasteiger partial charge on any atom is 0.316 e. The van der Waals surface area contributed by atoms with E-state index in [9.17, 15) is 9.59 Å². The number of aromatic nitrogens is 2. The van der Waals surface area contributed by atoms with E-state index in [0.717, 1.165) is 23.4 Å². The Kier molecular flexibility index (Phi) is 7.01. The largest absolute Gasteiger partial charge is 0.351 e. The second-order valence-corrected chi connectivity index (χ2v) is 6.96. The van der Waals surface area contributed by atoms with E-state index in [-0.39, 0.29) is 5.91 Å². The van der Waals surface area contributed by atoms with Gasteiger partial charge in [-0.2, -0.15) is 5.10 Å². The fourth-order valence-electron chi connectivity index (χ4n) is 2.48. The van der Waals surface area contributed by atoms with E-state index in [2.05, 4.69) is 29.6 Å². The van der Waals surface area contributed by atoms with Gasteiger partial charge in [0.15, 0.2) is 0 Å². The standard InChI is InChI=1S/C19H24ClN5O2/c1-12(2)11-25-18(20)16(13(3)24-25)8-9-17(26)22-10-14-4-6-15(7-5-14)23-19(21)27/h4-9,12H,10-11H2,1-3H3,(H,22,26)(H3,21,23,27)/b9-8+. The van der Waals surface area contributed by atoms with Gasteiger partial charge in [-0.05, 0) is 36.6 Å². The van der Waals surface area contributed by atoms with E-state index in [4.69, 9.17) is 17.3 Å². The van der Waals surface area contributed by atoms with Crippen LogP contribution in [-0.4, -0.2) is 21.7 Å². The molecule has 2 rings (SSSR count). The van der Waals surface area contributed by atoms with E-state index >= 15 is 0 Å². The summed E-state index contributed by atoms with van der Waals surface area (Å²) in [6, 6.07) is 6.41. The molecule has 3 amide bonds. The molecule has 1 heterocycles. The maximum absolute atomic E-state index is 12.1. The third-order valence-corrected chi connectivity index (χ3v) is 4.14. The van der Waals surface area contributed by atoms with E-state index in [1.807, 2.05) is 6.92 Å². The van der Waals surface area contributed by atoms with Gasteiger partial charge < -0.3 is 16.4 Å². The van der Waals surface area contributed by atoms with Crippen molar-refractivity contribution in [3.63, 3.8) is 0 Å². The fraction of sp³-hybridized carbons (Fsp3) is 0.316. The molecule has 27 heavy (non-hydrogen) atoms. The average Bonchev–Trinajstić information content (AvgIpc) is 2.84. The molecule has 4 N–H and O–H groups in total. The van der Waals surface area contributed by atoms with Gasteiger partial charge in [0, 0.05) is 30.4 Å². The number of hydrogen-bond acceptors (Lipinski definition) is 3. The topological polar surface area (TPSA) is 102 Å². The first kappa shape index (κ1) is 20.5. The lowest BCUT2D eigenvalue weighted by Crippen LogP contribution is -2.20. The highest BCUT2D eigenvalue weighted by atomic mass is 35.5. The highest BCUT2D eigenvalue weighted by Crippen LogP contribution is 2.22. The number of nitrogens with one attached hydrogen (secondary N) is 2. The first-order valence-corrected chi connectivity index (χ1v) is 8.98. The van der Waals surface area contributed by atoms with E-state index in [0.29, 0.717) is 23.3 Å². The summed E-state index contributed by atoms with van der Waals surface area (Å²) >= 11 is 6.36. The van der Waals surface area contributed by atoms with Crippen LogP contribution in [0.2, 0.25) is 5.15 Å². The van der Waals surface area contributed by atoms with Crippen molar-refractivity contribution >= 4 is 35.3 Å².